The zero-order valence-electron chi connectivity index (χ0n) is 9.37. The third-order valence-corrected chi connectivity index (χ3v) is 4.48. The van der Waals surface area contributed by atoms with E-state index in [1.165, 1.54) is 23.1 Å². The summed E-state index contributed by atoms with van der Waals surface area (Å²) in [5.41, 5.74) is 2.44. The van der Waals surface area contributed by atoms with Gasteiger partial charge in [0.1, 0.15) is 5.51 Å². The minimum atomic E-state index is -0.0784. The molecular weight excluding hydrogens is 252 g/mol. The molecule has 0 aliphatic heterocycles. The highest BCUT2D eigenvalue weighted by atomic mass is 32.2. The molecule has 88 valence electrons. The first-order valence-corrected chi connectivity index (χ1v) is 7.09. The van der Waals surface area contributed by atoms with Crippen LogP contribution in [-0.2, 0) is 0 Å². The number of aromatic nitrogens is 2. The molecule has 0 N–H and O–H groups in total. The van der Waals surface area contributed by atoms with Gasteiger partial charge in [-0.05, 0) is 6.42 Å². The Morgan fingerprint density at radius 3 is 2.76 bits per heavy atom. The summed E-state index contributed by atoms with van der Waals surface area (Å²) < 4.78 is 0.848. The number of rotatable bonds is 5. The number of hydrogen-bond donors (Lipinski definition) is 0. The normalized spacial score (nSPS) is 12.3. The van der Waals surface area contributed by atoms with Crippen LogP contribution >= 0.6 is 23.1 Å². The van der Waals surface area contributed by atoms with Crippen molar-refractivity contribution >= 4 is 28.9 Å². The van der Waals surface area contributed by atoms with Crippen LogP contribution in [0.5, 0.6) is 0 Å². The second-order valence-corrected chi connectivity index (χ2v) is 5.73. The van der Waals surface area contributed by atoms with Gasteiger partial charge in [-0.15, -0.1) is 10.2 Å². The fraction of sp³-hybridized carbons (Fsp3) is 0.250. The quantitative estimate of drug-likeness (QED) is 0.614. The van der Waals surface area contributed by atoms with Gasteiger partial charge < -0.3 is 0 Å². The number of nitrogens with zero attached hydrogens (tertiary/aromatic N) is 2. The number of hydrogen-bond acceptors (Lipinski definition) is 5. The van der Waals surface area contributed by atoms with E-state index in [-0.39, 0.29) is 11.0 Å². The molecule has 1 aromatic carbocycles. The topological polar surface area (TPSA) is 42.9 Å². The van der Waals surface area contributed by atoms with E-state index in [0.717, 1.165) is 16.3 Å². The van der Waals surface area contributed by atoms with Crippen molar-refractivity contribution in [3.63, 3.8) is 0 Å². The molecule has 0 spiro atoms. The molecular formula is C12H12N2OS2. The molecule has 1 heterocycles. The molecule has 3 nitrogen and oxygen atoms in total. The Morgan fingerprint density at radius 1 is 1.41 bits per heavy atom. The number of ketones is 1. The summed E-state index contributed by atoms with van der Waals surface area (Å²) in [6.45, 7) is 2.01. The summed E-state index contributed by atoms with van der Waals surface area (Å²) in [5.74, 6) is 0.160. The highest BCUT2D eigenvalue weighted by Gasteiger charge is 2.20. The van der Waals surface area contributed by atoms with E-state index < -0.39 is 0 Å². The summed E-state index contributed by atoms with van der Waals surface area (Å²) in [5, 5.41) is 7.66. The molecule has 5 heteroatoms. The van der Waals surface area contributed by atoms with E-state index in [1.54, 1.807) is 5.51 Å². The third kappa shape index (κ3) is 3.14. The molecule has 1 aromatic heterocycles. The van der Waals surface area contributed by atoms with Gasteiger partial charge in [0.2, 0.25) is 0 Å². The van der Waals surface area contributed by atoms with Crippen LogP contribution < -0.4 is 0 Å². The fourth-order valence-electron chi connectivity index (χ4n) is 1.45. The molecule has 0 fully saturated rings. The molecule has 0 radical (unpaired) electrons. The molecule has 0 saturated carbocycles. The zero-order valence-corrected chi connectivity index (χ0v) is 11.0. The van der Waals surface area contributed by atoms with Gasteiger partial charge in [0.15, 0.2) is 10.1 Å². The van der Waals surface area contributed by atoms with Crippen molar-refractivity contribution in [1.29, 1.82) is 0 Å². The second-order valence-electron chi connectivity index (χ2n) is 3.45. The molecule has 0 amide bonds. The Balaban J connectivity index is 2.11. The molecule has 2 rings (SSSR count). The van der Waals surface area contributed by atoms with Gasteiger partial charge in [-0.3, -0.25) is 4.79 Å². The lowest BCUT2D eigenvalue weighted by molar-refractivity contribution is 0.0988. The van der Waals surface area contributed by atoms with Crippen LogP contribution in [0.4, 0.5) is 0 Å². The van der Waals surface area contributed by atoms with Crippen molar-refractivity contribution in [2.75, 3.05) is 0 Å². The molecule has 1 unspecified atom stereocenters. The summed E-state index contributed by atoms with van der Waals surface area (Å²) >= 11 is 2.96. The molecule has 0 bridgehead atoms. The molecule has 2 aromatic rings. The van der Waals surface area contributed by atoms with Crippen molar-refractivity contribution < 1.29 is 4.79 Å². The standard InChI is InChI=1S/C12H12N2OS2/c1-2-10(17-12-14-13-8-16-12)11(15)9-6-4-3-5-7-9/h3-8,10H,2H2,1H3. The lowest BCUT2D eigenvalue weighted by atomic mass is 10.1. The van der Waals surface area contributed by atoms with E-state index in [1.807, 2.05) is 37.3 Å². The highest BCUT2D eigenvalue weighted by Crippen LogP contribution is 2.28. The summed E-state index contributed by atoms with van der Waals surface area (Å²) in [6.07, 6.45) is 0.790. The Hall–Kier alpha value is -1.20. The first-order valence-electron chi connectivity index (χ1n) is 5.33. The van der Waals surface area contributed by atoms with Gasteiger partial charge in [-0.2, -0.15) is 0 Å². The summed E-state index contributed by atoms with van der Waals surface area (Å²) in [7, 11) is 0. The molecule has 0 saturated heterocycles. The Kier molecular flexibility index (Phi) is 4.28. The van der Waals surface area contributed by atoms with Crippen molar-refractivity contribution in [2.24, 2.45) is 0 Å². The molecule has 17 heavy (non-hydrogen) atoms. The van der Waals surface area contributed by atoms with Gasteiger partial charge >= 0.3 is 0 Å². The van der Waals surface area contributed by atoms with E-state index in [4.69, 9.17) is 0 Å². The second kappa shape index (κ2) is 5.93. The maximum Gasteiger partial charge on any atom is 0.176 e. The molecule has 0 aliphatic rings. The first kappa shape index (κ1) is 12.3. The van der Waals surface area contributed by atoms with Gasteiger partial charge in [0.25, 0.3) is 0 Å². The average Bonchev–Trinajstić information content (AvgIpc) is 2.89. The monoisotopic (exact) mass is 264 g/mol. The third-order valence-electron chi connectivity index (χ3n) is 2.30. The van der Waals surface area contributed by atoms with E-state index >= 15 is 0 Å². The van der Waals surface area contributed by atoms with Crippen LogP contribution in [0.15, 0.2) is 40.2 Å². The smallest absolute Gasteiger partial charge is 0.176 e. The van der Waals surface area contributed by atoms with Gasteiger partial charge in [-0.1, -0.05) is 60.4 Å². The fourth-order valence-corrected chi connectivity index (χ4v) is 3.17. The van der Waals surface area contributed by atoms with Crippen LogP contribution in [0.25, 0.3) is 0 Å². The lowest BCUT2D eigenvalue weighted by Gasteiger charge is -2.10. The molecule has 0 aliphatic carbocycles. The number of Topliss-reactive ketones (excluding diaryl/α,β-unsaturated/α-hetero) is 1. The predicted octanol–water partition coefficient (Wildman–Crippen LogP) is 3.29. The van der Waals surface area contributed by atoms with Crippen LogP contribution in [0.2, 0.25) is 0 Å². The van der Waals surface area contributed by atoms with E-state index in [9.17, 15) is 4.79 Å². The summed E-state index contributed by atoms with van der Waals surface area (Å²) in [4.78, 5) is 12.2. The SMILES string of the molecule is CCC(Sc1nncs1)C(=O)c1ccccc1. The number of benzene rings is 1. The minimum Gasteiger partial charge on any atom is -0.293 e. The van der Waals surface area contributed by atoms with Crippen LogP contribution in [-0.4, -0.2) is 21.2 Å². The minimum absolute atomic E-state index is 0.0784. The lowest BCUT2D eigenvalue weighted by Crippen LogP contribution is -2.16. The van der Waals surface area contributed by atoms with Gasteiger partial charge in [0, 0.05) is 5.56 Å². The molecule has 1 atom stereocenters. The van der Waals surface area contributed by atoms with Crippen LogP contribution in [0.3, 0.4) is 0 Å². The van der Waals surface area contributed by atoms with E-state index in [2.05, 4.69) is 10.2 Å². The van der Waals surface area contributed by atoms with Crippen LogP contribution in [0, 0.1) is 0 Å². The zero-order chi connectivity index (χ0) is 12.1. The Morgan fingerprint density at radius 2 is 2.18 bits per heavy atom. The first-order chi connectivity index (χ1) is 8.31. The number of carbonyl (C=O) groups excluding carboxylic acids is 1. The maximum absolute atomic E-state index is 12.2. The van der Waals surface area contributed by atoms with Gasteiger partial charge in [0.05, 0.1) is 5.25 Å². The predicted molar refractivity (Wildman–Crippen MR) is 70.6 cm³/mol. The number of carbonyl (C=O) groups is 1. The van der Waals surface area contributed by atoms with Crippen molar-refractivity contribution in [1.82, 2.24) is 10.2 Å². The van der Waals surface area contributed by atoms with Crippen LogP contribution in [0.1, 0.15) is 23.7 Å². The Labute approximate surface area is 108 Å². The van der Waals surface area contributed by atoms with Gasteiger partial charge in [-0.25, -0.2) is 0 Å². The maximum atomic E-state index is 12.2. The van der Waals surface area contributed by atoms with Crippen molar-refractivity contribution in [3.8, 4) is 0 Å². The highest BCUT2D eigenvalue weighted by molar-refractivity contribution is 8.02. The number of thioether (sulfide) groups is 1. The van der Waals surface area contributed by atoms with E-state index in [0.29, 0.717) is 0 Å². The largest absolute Gasteiger partial charge is 0.293 e. The van der Waals surface area contributed by atoms with Crippen molar-refractivity contribution in [2.45, 2.75) is 22.9 Å². The van der Waals surface area contributed by atoms with Crippen molar-refractivity contribution in [3.05, 3.63) is 41.4 Å². The Bertz CT molecular complexity index is 471. The average molecular weight is 264 g/mol. The summed E-state index contributed by atoms with van der Waals surface area (Å²) in [6, 6.07) is 9.39.